The van der Waals surface area contributed by atoms with Crippen LogP contribution in [0, 0.1) is 0 Å². The third kappa shape index (κ3) is 4.30. The fourth-order valence-electron chi connectivity index (χ4n) is 1.37. The molecule has 0 atom stereocenters. The first-order valence-corrected chi connectivity index (χ1v) is 5.86. The average Bonchev–Trinajstić information content (AvgIpc) is 2.46. The van der Waals surface area contributed by atoms with Gasteiger partial charge in [0.05, 0.1) is 22.5 Å². The molecule has 0 aliphatic carbocycles. The number of carboxylic acids is 2. The van der Waals surface area contributed by atoms with Crippen LogP contribution < -0.4 is 11.5 Å². The molecular weight excluding hydrogens is 292 g/mol. The van der Waals surface area contributed by atoms with Gasteiger partial charge in [-0.3, -0.25) is 0 Å². The number of carboxylic acid groups (broad SMARTS) is 2. The predicted molar refractivity (Wildman–Crippen MR) is 79.0 cm³/mol. The fraction of sp³-hybridized carbons (Fsp3) is 0. The molecule has 0 saturated carbocycles. The number of benzene rings is 2. The van der Waals surface area contributed by atoms with Crippen molar-refractivity contribution < 1.29 is 30.0 Å². The predicted octanol–water partition coefficient (Wildman–Crippen LogP) is 1.35. The topological polar surface area (TPSA) is 167 Å². The van der Waals surface area contributed by atoms with E-state index in [9.17, 15) is 9.59 Å². The number of hydrogen-bond acceptors (Lipinski definition) is 6. The van der Waals surface area contributed by atoms with Gasteiger partial charge in [-0.1, -0.05) is 0 Å². The third-order valence-corrected chi connectivity index (χ3v) is 2.55. The number of rotatable bonds is 2. The summed E-state index contributed by atoms with van der Waals surface area (Å²) in [4.78, 5) is 20.7. The van der Waals surface area contributed by atoms with Gasteiger partial charge in [0.15, 0.2) is 0 Å². The number of phenols is 2. The van der Waals surface area contributed by atoms with Gasteiger partial charge in [0.1, 0.15) is 11.5 Å². The Balaban J connectivity index is 0.000000224. The Labute approximate surface area is 124 Å². The quantitative estimate of drug-likeness (QED) is 0.274. The Morgan fingerprint density at radius 3 is 1.27 bits per heavy atom. The Morgan fingerprint density at radius 2 is 1.05 bits per heavy atom. The van der Waals surface area contributed by atoms with Crippen molar-refractivity contribution in [3.05, 3.63) is 47.5 Å². The van der Waals surface area contributed by atoms with E-state index in [0.29, 0.717) is 0 Å². The van der Waals surface area contributed by atoms with Gasteiger partial charge in [0, 0.05) is 6.07 Å². The second kappa shape index (κ2) is 6.84. The van der Waals surface area contributed by atoms with Gasteiger partial charge in [-0.05, 0) is 30.3 Å². The highest BCUT2D eigenvalue weighted by molar-refractivity contribution is 5.91. The smallest absolute Gasteiger partial charge is 0.335 e. The molecule has 0 aliphatic heterocycles. The SMILES string of the molecule is Nc1cc(N)c(O)cc1O.O=C(O)c1ccc(C(=O)O)cc1. The number of aromatic carboxylic acids is 2. The minimum atomic E-state index is -1.06. The lowest BCUT2D eigenvalue weighted by molar-refractivity contribution is 0.0681. The fourth-order valence-corrected chi connectivity index (χ4v) is 1.37. The molecule has 2 aromatic carbocycles. The third-order valence-electron chi connectivity index (χ3n) is 2.55. The molecule has 0 radical (unpaired) electrons. The number of nitrogen functional groups attached to an aromatic ring is 2. The van der Waals surface area contributed by atoms with Crippen molar-refractivity contribution in [2.24, 2.45) is 0 Å². The summed E-state index contributed by atoms with van der Waals surface area (Å²) in [5.74, 6) is -2.45. The molecule has 0 amide bonds. The van der Waals surface area contributed by atoms with Crippen LogP contribution in [-0.2, 0) is 0 Å². The lowest BCUT2D eigenvalue weighted by Crippen LogP contribution is -1.99. The summed E-state index contributed by atoms with van der Waals surface area (Å²) >= 11 is 0. The van der Waals surface area contributed by atoms with Crippen molar-refractivity contribution in [2.75, 3.05) is 11.5 Å². The molecule has 2 rings (SSSR count). The van der Waals surface area contributed by atoms with Crippen molar-refractivity contribution in [3.8, 4) is 11.5 Å². The van der Waals surface area contributed by atoms with Gasteiger partial charge >= 0.3 is 11.9 Å². The van der Waals surface area contributed by atoms with Crippen molar-refractivity contribution in [1.29, 1.82) is 0 Å². The highest BCUT2D eigenvalue weighted by Crippen LogP contribution is 2.30. The molecule has 0 aliphatic rings. The molecule has 0 bridgehead atoms. The molecule has 0 heterocycles. The Kier molecular flexibility index (Phi) is 5.17. The molecule has 22 heavy (non-hydrogen) atoms. The van der Waals surface area contributed by atoms with E-state index < -0.39 is 11.9 Å². The van der Waals surface area contributed by atoms with Crippen LogP contribution in [0.15, 0.2) is 36.4 Å². The molecule has 0 unspecified atom stereocenters. The maximum Gasteiger partial charge on any atom is 0.335 e. The van der Waals surface area contributed by atoms with Gasteiger partial charge in [0.2, 0.25) is 0 Å². The monoisotopic (exact) mass is 306 g/mol. The highest BCUT2D eigenvalue weighted by Gasteiger charge is 2.05. The van der Waals surface area contributed by atoms with E-state index in [4.69, 9.17) is 31.9 Å². The summed E-state index contributed by atoms with van der Waals surface area (Å²) in [5.41, 5.74) is 11.0. The van der Waals surface area contributed by atoms with Crippen molar-refractivity contribution >= 4 is 23.3 Å². The summed E-state index contributed by atoms with van der Waals surface area (Å²) in [7, 11) is 0. The molecule has 116 valence electrons. The van der Waals surface area contributed by atoms with E-state index in [2.05, 4.69) is 0 Å². The Hall–Kier alpha value is -3.42. The summed E-state index contributed by atoms with van der Waals surface area (Å²) in [6.07, 6.45) is 0. The van der Waals surface area contributed by atoms with Crippen LogP contribution in [-0.4, -0.2) is 32.4 Å². The normalized spacial score (nSPS) is 9.45. The number of phenolic OH excluding ortho intramolecular Hbond substituents is 2. The number of carbonyl (C=O) groups is 2. The molecular formula is C14H14N2O6. The first-order valence-electron chi connectivity index (χ1n) is 5.86. The molecule has 2 aromatic rings. The second-order valence-electron chi connectivity index (χ2n) is 4.16. The maximum absolute atomic E-state index is 10.3. The lowest BCUT2D eigenvalue weighted by Gasteiger charge is -2.01. The van der Waals surface area contributed by atoms with Crippen molar-refractivity contribution in [2.45, 2.75) is 0 Å². The highest BCUT2D eigenvalue weighted by atomic mass is 16.4. The first kappa shape index (κ1) is 16.6. The standard InChI is InChI=1S/C8H6O4.C6H8N2O2/c9-7(10)5-1-2-6(4-3-5)8(11)12;7-3-1-4(8)6(10)2-5(3)9/h1-4H,(H,9,10)(H,11,12);1-2,9-10H,7-8H2. The van der Waals surface area contributed by atoms with Crippen LogP contribution in [0.4, 0.5) is 11.4 Å². The zero-order chi connectivity index (χ0) is 16.9. The van der Waals surface area contributed by atoms with Crippen molar-refractivity contribution in [3.63, 3.8) is 0 Å². The molecule has 0 fully saturated rings. The minimum Gasteiger partial charge on any atom is -0.506 e. The van der Waals surface area contributed by atoms with Gasteiger partial charge in [0.25, 0.3) is 0 Å². The van der Waals surface area contributed by atoms with Gasteiger partial charge in [-0.2, -0.15) is 0 Å². The number of anilines is 2. The Morgan fingerprint density at radius 1 is 0.727 bits per heavy atom. The average molecular weight is 306 g/mol. The van der Waals surface area contributed by atoms with E-state index in [1.54, 1.807) is 0 Å². The number of nitrogens with two attached hydrogens (primary N) is 2. The minimum absolute atomic E-state index is 0.0833. The van der Waals surface area contributed by atoms with Crippen LogP contribution in [0.2, 0.25) is 0 Å². The molecule has 8 nitrogen and oxygen atoms in total. The van der Waals surface area contributed by atoms with Crippen LogP contribution in [0.3, 0.4) is 0 Å². The molecule has 8 N–H and O–H groups in total. The zero-order valence-electron chi connectivity index (χ0n) is 11.2. The van der Waals surface area contributed by atoms with Crippen LogP contribution in [0.1, 0.15) is 20.7 Å². The van der Waals surface area contributed by atoms with Crippen LogP contribution in [0.5, 0.6) is 11.5 Å². The largest absolute Gasteiger partial charge is 0.506 e. The van der Waals surface area contributed by atoms with E-state index in [-0.39, 0.29) is 34.0 Å². The summed E-state index contributed by atoms with van der Waals surface area (Å²) in [6, 6.07) is 7.42. The van der Waals surface area contributed by atoms with Crippen molar-refractivity contribution in [1.82, 2.24) is 0 Å². The summed E-state index contributed by atoms with van der Waals surface area (Å²) < 4.78 is 0. The molecule has 0 saturated heterocycles. The van der Waals surface area contributed by atoms with Gasteiger partial charge in [-0.25, -0.2) is 9.59 Å². The summed E-state index contributed by atoms with van der Waals surface area (Å²) in [5, 5.41) is 34.7. The van der Waals surface area contributed by atoms with Gasteiger partial charge < -0.3 is 31.9 Å². The molecule has 0 aromatic heterocycles. The van der Waals surface area contributed by atoms with Gasteiger partial charge in [-0.15, -0.1) is 0 Å². The van der Waals surface area contributed by atoms with Crippen LogP contribution in [0.25, 0.3) is 0 Å². The maximum atomic E-state index is 10.3. The second-order valence-corrected chi connectivity index (χ2v) is 4.16. The van der Waals surface area contributed by atoms with E-state index >= 15 is 0 Å². The Bertz CT molecular complexity index is 614. The van der Waals surface area contributed by atoms with E-state index in [1.807, 2.05) is 0 Å². The van der Waals surface area contributed by atoms with Crippen LogP contribution >= 0.6 is 0 Å². The molecule has 8 heteroatoms. The molecule has 0 spiro atoms. The zero-order valence-corrected chi connectivity index (χ0v) is 11.2. The van der Waals surface area contributed by atoms with E-state index in [1.165, 1.54) is 30.3 Å². The number of aromatic hydroxyl groups is 2. The first-order chi connectivity index (χ1) is 10.2. The summed E-state index contributed by atoms with van der Waals surface area (Å²) in [6.45, 7) is 0. The lowest BCUT2D eigenvalue weighted by atomic mass is 10.1. The number of hydrogen-bond donors (Lipinski definition) is 6. The van der Waals surface area contributed by atoms with E-state index in [0.717, 1.165) is 6.07 Å².